The molecule has 2 aromatic rings. The topological polar surface area (TPSA) is 175 Å². The van der Waals surface area contributed by atoms with Crippen LogP contribution in [0.2, 0.25) is 0 Å². The number of amides is 2. The zero-order chi connectivity index (χ0) is 23.1. The lowest BCUT2D eigenvalue weighted by atomic mass is 10.0. The molecule has 0 bridgehead atoms. The van der Waals surface area contributed by atoms with Crippen LogP contribution in [0.5, 0.6) is 0 Å². The summed E-state index contributed by atoms with van der Waals surface area (Å²) in [4.78, 5) is 50.7. The first-order valence-electron chi connectivity index (χ1n) is 9.94. The number of fused-ring (bicyclic) bond motifs is 1. The first kappa shape index (κ1) is 23.9. The van der Waals surface area contributed by atoms with Gasteiger partial charge in [-0.15, -0.1) is 0 Å². The average Bonchev–Trinajstić information content (AvgIpc) is 3.09. The van der Waals surface area contributed by atoms with E-state index in [2.05, 4.69) is 15.6 Å². The quantitative estimate of drug-likeness (QED) is 0.301. The number of rotatable bonds is 11. The molecule has 31 heavy (non-hydrogen) atoms. The predicted octanol–water partition coefficient (Wildman–Crippen LogP) is 0.613. The molecule has 0 spiro atoms. The number of hydrogen-bond acceptors (Lipinski definition) is 5. The molecule has 0 aliphatic carbocycles. The summed E-state index contributed by atoms with van der Waals surface area (Å²) in [6, 6.07) is 3.81. The molecule has 1 aromatic heterocycles. The van der Waals surface area contributed by atoms with Crippen LogP contribution in [0, 0.1) is 5.92 Å². The molecule has 0 radical (unpaired) electrons. The minimum Gasteiger partial charge on any atom is -0.481 e. The Morgan fingerprint density at radius 3 is 2.29 bits per heavy atom. The highest BCUT2D eigenvalue weighted by molar-refractivity contribution is 5.94. The summed E-state index contributed by atoms with van der Waals surface area (Å²) in [5.41, 5.74) is 7.69. The monoisotopic (exact) mass is 432 g/mol. The number of aromatic amines is 1. The largest absolute Gasteiger partial charge is 0.481 e. The van der Waals surface area contributed by atoms with E-state index in [4.69, 9.17) is 10.8 Å². The van der Waals surface area contributed by atoms with Gasteiger partial charge in [0.25, 0.3) is 0 Å². The van der Waals surface area contributed by atoms with Gasteiger partial charge in [-0.1, -0.05) is 32.0 Å². The van der Waals surface area contributed by atoms with Crippen LogP contribution < -0.4 is 16.4 Å². The van der Waals surface area contributed by atoms with E-state index < -0.39 is 48.3 Å². The fraction of sp³-hybridized carbons (Fsp3) is 0.429. The van der Waals surface area contributed by atoms with Crippen LogP contribution in [-0.4, -0.2) is 57.1 Å². The highest BCUT2D eigenvalue weighted by Crippen LogP contribution is 2.18. The van der Waals surface area contributed by atoms with E-state index in [1.165, 1.54) is 0 Å². The molecule has 10 heteroatoms. The molecule has 1 heterocycles. The molecule has 0 saturated heterocycles. The second kappa shape index (κ2) is 10.6. The van der Waals surface area contributed by atoms with Gasteiger partial charge in [-0.25, -0.2) is 4.79 Å². The molecule has 0 fully saturated rings. The predicted molar refractivity (Wildman–Crippen MR) is 113 cm³/mol. The SMILES string of the molecule is CC(C)C[C@H](NC(=O)[C@H](CC(=O)O)NC(=O)[C@@H](N)Cc1c[nH]c2ccccc12)C(=O)O. The van der Waals surface area contributed by atoms with Gasteiger partial charge in [0.2, 0.25) is 11.8 Å². The number of carbonyl (C=O) groups is 4. The third kappa shape index (κ3) is 6.82. The summed E-state index contributed by atoms with van der Waals surface area (Å²) < 4.78 is 0. The Bertz CT molecular complexity index is 954. The van der Waals surface area contributed by atoms with Crippen molar-refractivity contribution in [1.82, 2.24) is 15.6 Å². The van der Waals surface area contributed by atoms with E-state index in [0.717, 1.165) is 16.5 Å². The maximum atomic E-state index is 12.6. The Balaban J connectivity index is 2.07. The Hall–Kier alpha value is -3.40. The van der Waals surface area contributed by atoms with Gasteiger partial charge in [-0.05, 0) is 30.4 Å². The van der Waals surface area contributed by atoms with Gasteiger partial charge >= 0.3 is 11.9 Å². The normalized spacial score (nSPS) is 14.1. The first-order chi connectivity index (χ1) is 14.6. The van der Waals surface area contributed by atoms with Crippen LogP contribution in [0.4, 0.5) is 0 Å². The fourth-order valence-electron chi connectivity index (χ4n) is 3.26. The summed E-state index contributed by atoms with van der Waals surface area (Å²) in [5.74, 6) is -4.16. The van der Waals surface area contributed by atoms with Crippen LogP contribution in [0.3, 0.4) is 0 Å². The van der Waals surface area contributed by atoms with E-state index in [0.29, 0.717) is 0 Å². The van der Waals surface area contributed by atoms with Gasteiger partial charge in [-0.3, -0.25) is 14.4 Å². The highest BCUT2D eigenvalue weighted by atomic mass is 16.4. The fourth-order valence-corrected chi connectivity index (χ4v) is 3.26. The van der Waals surface area contributed by atoms with Crippen LogP contribution in [0.1, 0.15) is 32.3 Å². The summed E-state index contributed by atoms with van der Waals surface area (Å²) >= 11 is 0. The number of para-hydroxylation sites is 1. The van der Waals surface area contributed by atoms with E-state index in [-0.39, 0.29) is 18.8 Å². The number of hydrogen-bond donors (Lipinski definition) is 6. The number of carboxylic acids is 2. The lowest BCUT2D eigenvalue weighted by Crippen LogP contribution is -2.55. The van der Waals surface area contributed by atoms with Crippen molar-refractivity contribution in [3.63, 3.8) is 0 Å². The van der Waals surface area contributed by atoms with E-state index in [1.54, 1.807) is 20.0 Å². The van der Waals surface area contributed by atoms with Crippen molar-refractivity contribution in [2.24, 2.45) is 11.7 Å². The summed E-state index contributed by atoms with van der Waals surface area (Å²) in [5, 5.41) is 24.0. The molecule has 168 valence electrons. The zero-order valence-electron chi connectivity index (χ0n) is 17.4. The molecule has 2 rings (SSSR count). The number of nitrogens with two attached hydrogens (primary N) is 1. The molecule has 1 aromatic carbocycles. The number of aromatic nitrogens is 1. The van der Waals surface area contributed by atoms with Crippen molar-refractivity contribution in [3.05, 3.63) is 36.0 Å². The smallest absolute Gasteiger partial charge is 0.326 e. The van der Waals surface area contributed by atoms with E-state index >= 15 is 0 Å². The molecule has 3 atom stereocenters. The molecule has 0 unspecified atom stereocenters. The van der Waals surface area contributed by atoms with Crippen LogP contribution in [-0.2, 0) is 25.6 Å². The standard InChI is InChI=1S/C21H28N4O6/c1-11(2)7-17(21(30)31)25-20(29)16(9-18(26)27)24-19(28)14(22)8-12-10-23-15-6-4-3-5-13(12)15/h3-6,10-11,14,16-17,23H,7-9,22H2,1-2H3,(H,24,28)(H,25,29)(H,26,27)(H,30,31)/t14-,16-,17-/m0/s1. The van der Waals surface area contributed by atoms with Crippen molar-refractivity contribution < 1.29 is 29.4 Å². The second-order valence-corrected chi connectivity index (χ2v) is 7.86. The van der Waals surface area contributed by atoms with Crippen molar-refractivity contribution in [2.45, 2.75) is 51.2 Å². The van der Waals surface area contributed by atoms with Crippen molar-refractivity contribution in [2.75, 3.05) is 0 Å². The van der Waals surface area contributed by atoms with Crippen LogP contribution in [0.15, 0.2) is 30.5 Å². The average molecular weight is 432 g/mol. The summed E-state index contributed by atoms with van der Waals surface area (Å²) in [7, 11) is 0. The summed E-state index contributed by atoms with van der Waals surface area (Å²) in [6.07, 6.45) is 1.37. The number of nitrogens with one attached hydrogen (secondary N) is 3. The summed E-state index contributed by atoms with van der Waals surface area (Å²) in [6.45, 7) is 3.59. The molecule has 2 amide bonds. The van der Waals surface area contributed by atoms with Gasteiger partial charge < -0.3 is 31.6 Å². The molecular weight excluding hydrogens is 404 g/mol. The minimum absolute atomic E-state index is 0.0153. The molecule has 7 N–H and O–H groups in total. The van der Waals surface area contributed by atoms with Gasteiger partial charge in [0.15, 0.2) is 0 Å². The Labute approximate surface area is 179 Å². The first-order valence-corrected chi connectivity index (χ1v) is 9.94. The Morgan fingerprint density at radius 2 is 1.68 bits per heavy atom. The molecular formula is C21H28N4O6. The molecule has 0 aliphatic rings. The molecule has 0 aliphatic heterocycles. The van der Waals surface area contributed by atoms with E-state index in [9.17, 15) is 24.3 Å². The number of aliphatic carboxylic acids is 2. The van der Waals surface area contributed by atoms with Gasteiger partial charge in [-0.2, -0.15) is 0 Å². The third-order valence-electron chi connectivity index (χ3n) is 4.78. The molecule has 10 nitrogen and oxygen atoms in total. The van der Waals surface area contributed by atoms with Gasteiger partial charge in [0.05, 0.1) is 12.5 Å². The maximum absolute atomic E-state index is 12.6. The van der Waals surface area contributed by atoms with Crippen LogP contribution in [0.25, 0.3) is 10.9 Å². The molecule has 0 saturated carbocycles. The van der Waals surface area contributed by atoms with Gasteiger partial charge in [0, 0.05) is 17.1 Å². The van der Waals surface area contributed by atoms with Crippen molar-refractivity contribution >= 4 is 34.7 Å². The number of H-pyrrole nitrogens is 1. The van der Waals surface area contributed by atoms with Crippen molar-refractivity contribution in [3.8, 4) is 0 Å². The second-order valence-electron chi connectivity index (χ2n) is 7.86. The zero-order valence-corrected chi connectivity index (χ0v) is 17.4. The lowest BCUT2D eigenvalue weighted by molar-refractivity contribution is -0.143. The Morgan fingerprint density at radius 1 is 1.03 bits per heavy atom. The highest BCUT2D eigenvalue weighted by Gasteiger charge is 2.30. The maximum Gasteiger partial charge on any atom is 0.326 e. The minimum atomic E-state index is -1.45. The van der Waals surface area contributed by atoms with Crippen molar-refractivity contribution in [1.29, 1.82) is 0 Å². The number of carboxylic acid groups (broad SMARTS) is 2. The Kier molecular flexibility index (Phi) is 8.14. The number of benzene rings is 1. The van der Waals surface area contributed by atoms with Gasteiger partial charge in [0.1, 0.15) is 12.1 Å². The number of carbonyl (C=O) groups excluding carboxylic acids is 2. The van der Waals surface area contributed by atoms with E-state index in [1.807, 2.05) is 24.3 Å². The lowest BCUT2D eigenvalue weighted by Gasteiger charge is -2.22. The third-order valence-corrected chi connectivity index (χ3v) is 4.78. The van der Waals surface area contributed by atoms with Crippen LogP contribution >= 0.6 is 0 Å².